The molecule has 1 amide bonds. The van der Waals surface area contributed by atoms with Crippen molar-refractivity contribution in [3.8, 4) is 0 Å². The lowest BCUT2D eigenvalue weighted by Gasteiger charge is -2.19. The Morgan fingerprint density at radius 1 is 1.37 bits per heavy atom. The SMILES string of the molecule is CC(C)[C@H](N)C(=O)Nc1c(Cl)cccc1C(F)(F)F. The first-order valence-electron chi connectivity index (χ1n) is 5.56. The molecule has 0 fully saturated rings. The molecule has 0 radical (unpaired) electrons. The Balaban J connectivity index is 3.11. The van der Waals surface area contributed by atoms with Crippen LogP contribution >= 0.6 is 11.6 Å². The van der Waals surface area contributed by atoms with Gasteiger partial charge in [0.2, 0.25) is 5.91 Å². The molecule has 0 aromatic heterocycles. The van der Waals surface area contributed by atoms with Crippen molar-refractivity contribution < 1.29 is 18.0 Å². The number of hydrogen-bond acceptors (Lipinski definition) is 2. The van der Waals surface area contributed by atoms with Gasteiger partial charge in [0.05, 0.1) is 22.3 Å². The number of benzene rings is 1. The van der Waals surface area contributed by atoms with Gasteiger partial charge in [-0.15, -0.1) is 0 Å². The van der Waals surface area contributed by atoms with E-state index in [-0.39, 0.29) is 10.9 Å². The number of halogens is 4. The van der Waals surface area contributed by atoms with Gasteiger partial charge in [-0.2, -0.15) is 13.2 Å². The molecule has 0 aliphatic rings. The van der Waals surface area contributed by atoms with Gasteiger partial charge in [0.25, 0.3) is 0 Å². The zero-order valence-corrected chi connectivity index (χ0v) is 11.1. The Morgan fingerprint density at radius 2 is 1.95 bits per heavy atom. The van der Waals surface area contributed by atoms with Crippen LogP contribution in [0.15, 0.2) is 18.2 Å². The molecular weight excluding hydrogens is 281 g/mol. The summed E-state index contributed by atoms with van der Waals surface area (Å²) < 4.78 is 38.4. The van der Waals surface area contributed by atoms with Crippen LogP contribution in [0.25, 0.3) is 0 Å². The highest BCUT2D eigenvalue weighted by Crippen LogP contribution is 2.38. The number of anilines is 1. The Hall–Kier alpha value is -1.27. The Kier molecular flexibility index (Phi) is 4.81. The highest BCUT2D eigenvalue weighted by Gasteiger charge is 2.35. The van der Waals surface area contributed by atoms with Crippen LogP contribution in [0.3, 0.4) is 0 Å². The van der Waals surface area contributed by atoms with Crippen molar-refractivity contribution >= 4 is 23.2 Å². The summed E-state index contributed by atoms with van der Waals surface area (Å²) in [5, 5.41) is 1.97. The van der Waals surface area contributed by atoms with E-state index < -0.39 is 29.4 Å². The topological polar surface area (TPSA) is 55.1 Å². The Bertz CT molecular complexity index is 475. The van der Waals surface area contributed by atoms with E-state index in [0.717, 1.165) is 6.07 Å². The molecule has 3 nitrogen and oxygen atoms in total. The normalized spacial score (nSPS) is 13.5. The van der Waals surface area contributed by atoms with Crippen LogP contribution in [-0.4, -0.2) is 11.9 Å². The fourth-order valence-electron chi connectivity index (χ4n) is 1.40. The van der Waals surface area contributed by atoms with Gasteiger partial charge in [0.15, 0.2) is 0 Å². The number of rotatable bonds is 3. The summed E-state index contributed by atoms with van der Waals surface area (Å²) in [4.78, 5) is 11.7. The highest BCUT2D eigenvalue weighted by molar-refractivity contribution is 6.34. The van der Waals surface area contributed by atoms with E-state index in [1.807, 2.05) is 0 Å². The zero-order chi connectivity index (χ0) is 14.8. The van der Waals surface area contributed by atoms with Crippen LogP contribution in [0.5, 0.6) is 0 Å². The van der Waals surface area contributed by atoms with Crippen molar-refractivity contribution in [2.75, 3.05) is 5.32 Å². The maximum atomic E-state index is 12.8. The molecule has 7 heteroatoms. The predicted molar refractivity (Wildman–Crippen MR) is 67.9 cm³/mol. The summed E-state index contributed by atoms with van der Waals surface area (Å²) in [6.07, 6.45) is -4.60. The van der Waals surface area contributed by atoms with Crippen LogP contribution in [0.4, 0.5) is 18.9 Å². The number of nitrogens with two attached hydrogens (primary N) is 1. The van der Waals surface area contributed by atoms with Gasteiger partial charge in [-0.05, 0) is 18.1 Å². The first-order chi connectivity index (χ1) is 8.64. The molecule has 0 heterocycles. The van der Waals surface area contributed by atoms with Crippen molar-refractivity contribution in [3.05, 3.63) is 28.8 Å². The summed E-state index contributed by atoms with van der Waals surface area (Å²) in [7, 11) is 0. The second kappa shape index (κ2) is 5.79. The van der Waals surface area contributed by atoms with Gasteiger partial charge in [0, 0.05) is 0 Å². The number of carbonyl (C=O) groups is 1. The van der Waals surface area contributed by atoms with E-state index in [4.69, 9.17) is 17.3 Å². The molecule has 0 aliphatic heterocycles. The van der Waals surface area contributed by atoms with Gasteiger partial charge >= 0.3 is 6.18 Å². The largest absolute Gasteiger partial charge is 0.418 e. The van der Waals surface area contributed by atoms with Crippen molar-refractivity contribution in [2.24, 2.45) is 11.7 Å². The highest BCUT2D eigenvalue weighted by atomic mass is 35.5. The predicted octanol–water partition coefficient (Wildman–Crippen LogP) is 3.28. The second-order valence-corrected chi connectivity index (χ2v) is 4.83. The lowest BCUT2D eigenvalue weighted by Crippen LogP contribution is -2.40. The van der Waals surface area contributed by atoms with Crippen molar-refractivity contribution in [1.82, 2.24) is 0 Å². The molecule has 1 atom stereocenters. The summed E-state index contributed by atoms with van der Waals surface area (Å²) in [6.45, 7) is 3.39. The van der Waals surface area contributed by atoms with Gasteiger partial charge in [-0.3, -0.25) is 4.79 Å². The molecule has 1 aromatic rings. The summed E-state index contributed by atoms with van der Waals surface area (Å²) in [5.74, 6) is -0.898. The average Bonchev–Trinajstić information content (AvgIpc) is 2.28. The molecule has 0 saturated heterocycles. The van der Waals surface area contributed by atoms with Crippen LogP contribution in [0.1, 0.15) is 19.4 Å². The van der Waals surface area contributed by atoms with Crippen LogP contribution in [-0.2, 0) is 11.0 Å². The second-order valence-electron chi connectivity index (χ2n) is 4.42. The maximum Gasteiger partial charge on any atom is 0.418 e. The smallest absolute Gasteiger partial charge is 0.323 e. The number of amides is 1. The van der Waals surface area contributed by atoms with E-state index in [0.29, 0.717) is 0 Å². The lowest BCUT2D eigenvalue weighted by molar-refractivity contribution is -0.137. The summed E-state index contributed by atoms with van der Waals surface area (Å²) >= 11 is 5.71. The molecule has 1 aromatic carbocycles. The zero-order valence-electron chi connectivity index (χ0n) is 10.4. The molecule has 1 rings (SSSR count). The number of hydrogen-bond donors (Lipinski definition) is 2. The first kappa shape index (κ1) is 15.8. The molecule has 0 saturated carbocycles. The van der Waals surface area contributed by atoms with Crippen molar-refractivity contribution in [1.29, 1.82) is 0 Å². The molecule has 0 unspecified atom stereocenters. The molecule has 19 heavy (non-hydrogen) atoms. The number of para-hydroxylation sites is 1. The van der Waals surface area contributed by atoms with E-state index in [1.165, 1.54) is 12.1 Å². The Labute approximate surface area is 113 Å². The maximum absolute atomic E-state index is 12.8. The summed E-state index contributed by atoms with van der Waals surface area (Å²) in [6, 6.07) is 2.39. The van der Waals surface area contributed by atoms with Gasteiger partial charge in [0.1, 0.15) is 0 Å². The molecule has 0 spiro atoms. The lowest BCUT2D eigenvalue weighted by atomic mass is 10.0. The average molecular weight is 295 g/mol. The number of carbonyl (C=O) groups excluding carboxylic acids is 1. The van der Waals surface area contributed by atoms with Crippen LogP contribution in [0, 0.1) is 5.92 Å². The van der Waals surface area contributed by atoms with Gasteiger partial charge in [-0.25, -0.2) is 0 Å². The van der Waals surface area contributed by atoms with Gasteiger partial charge in [-0.1, -0.05) is 31.5 Å². The molecule has 0 aliphatic carbocycles. The molecule has 0 bridgehead atoms. The van der Waals surface area contributed by atoms with Crippen molar-refractivity contribution in [3.63, 3.8) is 0 Å². The number of alkyl halides is 3. The molecule has 3 N–H and O–H groups in total. The van der Waals surface area contributed by atoms with E-state index in [2.05, 4.69) is 5.32 Å². The van der Waals surface area contributed by atoms with E-state index in [1.54, 1.807) is 13.8 Å². The first-order valence-corrected chi connectivity index (χ1v) is 5.94. The minimum atomic E-state index is -4.60. The van der Waals surface area contributed by atoms with Crippen LogP contribution < -0.4 is 11.1 Å². The van der Waals surface area contributed by atoms with Gasteiger partial charge < -0.3 is 11.1 Å². The van der Waals surface area contributed by atoms with Crippen LogP contribution in [0.2, 0.25) is 5.02 Å². The molecular formula is C12H14ClF3N2O. The third-order valence-corrected chi connectivity index (χ3v) is 2.90. The minimum Gasteiger partial charge on any atom is -0.323 e. The minimum absolute atomic E-state index is 0.181. The van der Waals surface area contributed by atoms with E-state index >= 15 is 0 Å². The third-order valence-electron chi connectivity index (χ3n) is 2.59. The third kappa shape index (κ3) is 3.84. The van der Waals surface area contributed by atoms with Crippen molar-refractivity contribution in [2.45, 2.75) is 26.1 Å². The fraction of sp³-hybridized carbons (Fsp3) is 0.417. The standard InChI is InChI=1S/C12H14ClF3N2O/c1-6(2)9(17)11(19)18-10-7(12(14,15)16)4-3-5-8(10)13/h3-6,9H,17H2,1-2H3,(H,18,19)/t9-/m0/s1. The number of nitrogens with one attached hydrogen (secondary N) is 1. The van der Waals surface area contributed by atoms with E-state index in [9.17, 15) is 18.0 Å². The fourth-order valence-corrected chi connectivity index (χ4v) is 1.62. The quantitative estimate of drug-likeness (QED) is 0.899. The Morgan fingerprint density at radius 3 is 2.42 bits per heavy atom. The summed E-state index contributed by atoms with van der Waals surface area (Å²) in [5.41, 5.74) is 4.12. The monoisotopic (exact) mass is 294 g/mol. The molecule has 106 valence electrons.